The van der Waals surface area contributed by atoms with Gasteiger partial charge in [0.25, 0.3) is 5.91 Å². The van der Waals surface area contributed by atoms with Crippen LogP contribution >= 0.6 is 0 Å². The van der Waals surface area contributed by atoms with Gasteiger partial charge in [-0.3, -0.25) is 14.5 Å². The van der Waals surface area contributed by atoms with Crippen LogP contribution in [0.2, 0.25) is 0 Å². The van der Waals surface area contributed by atoms with Crippen LogP contribution in [0.4, 0.5) is 5.69 Å². The molecule has 25 heavy (non-hydrogen) atoms. The molecule has 2 aromatic rings. The molecule has 0 saturated heterocycles. The minimum atomic E-state index is -0.839. The Bertz CT molecular complexity index is 716. The molecule has 0 aliphatic rings. The molecular weight excluding hydrogens is 316 g/mol. The minimum absolute atomic E-state index is 0.00436. The highest BCUT2D eigenvalue weighted by molar-refractivity contribution is 6.04. The normalized spacial score (nSPS) is 12.0. The van der Waals surface area contributed by atoms with Gasteiger partial charge in [-0.15, -0.1) is 0 Å². The number of hydrogen-bond donors (Lipinski definition) is 2. The summed E-state index contributed by atoms with van der Waals surface area (Å²) in [5.41, 5.74) is 2.27. The van der Waals surface area contributed by atoms with Crippen molar-refractivity contribution in [1.29, 1.82) is 0 Å². The monoisotopic (exact) mass is 340 g/mol. The summed E-state index contributed by atoms with van der Waals surface area (Å²) >= 11 is 0. The Morgan fingerprint density at radius 3 is 2.48 bits per heavy atom. The van der Waals surface area contributed by atoms with Crippen LogP contribution in [-0.2, 0) is 4.79 Å². The van der Waals surface area contributed by atoms with Crippen LogP contribution in [0.1, 0.15) is 42.2 Å². The van der Waals surface area contributed by atoms with Crippen molar-refractivity contribution in [2.45, 2.75) is 26.3 Å². The molecule has 0 bridgehead atoms. The van der Waals surface area contributed by atoms with Crippen LogP contribution in [0.5, 0.6) is 0 Å². The zero-order valence-electron chi connectivity index (χ0n) is 14.6. The van der Waals surface area contributed by atoms with Crippen molar-refractivity contribution in [3.8, 4) is 0 Å². The molecule has 1 amide bonds. The molecule has 1 atom stereocenters. The van der Waals surface area contributed by atoms with Gasteiger partial charge < -0.3 is 10.4 Å². The molecule has 5 heteroatoms. The lowest BCUT2D eigenvalue weighted by Gasteiger charge is -2.27. The van der Waals surface area contributed by atoms with Crippen molar-refractivity contribution < 1.29 is 14.7 Å². The Hall–Kier alpha value is -2.66. The Morgan fingerprint density at radius 2 is 1.84 bits per heavy atom. The van der Waals surface area contributed by atoms with E-state index in [2.05, 4.69) is 5.32 Å². The zero-order chi connectivity index (χ0) is 18.2. The molecule has 0 fully saturated rings. The number of carboxylic acids is 1. The van der Waals surface area contributed by atoms with Gasteiger partial charge in [0.1, 0.15) is 0 Å². The van der Waals surface area contributed by atoms with E-state index in [0.29, 0.717) is 17.8 Å². The first-order chi connectivity index (χ1) is 12.0. The number of rotatable bonds is 8. The molecule has 0 heterocycles. The molecule has 132 valence electrons. The molecule has 0 saturated carbocycles. The number of carboxylic acid groups (broad SMARTS) is 1. The van der Waals surface area contributed by atoms with Gasteiger partial charge in [-0.2, -0.15) is 0 Å². The van der Waals surface area contributed by atoms with E-state index in [9.17, 15) is 9.59 Å². The van der Waals surface area contributed by atoms with Gasteiger partial charge in [0.05, 0.1) is 6.54 Å². The van der Waals surface area contributed by atoms with Gasteiger partial charge in [-0.1, -0.05) is 37.3 Å². The summed E-state index contributed by atoms with van der Waals surface area (Å²) in [6.45, 7) is 4.71. The fourth-order valence-electron chi connectivity index (χ4n) is 2.75. The van der Waals surface area contributed by atoms with Gasteiger partial charge >= 0.3 is 5.97 Å². The summed E-state index contributed by atoms with van der Waals surface area (Å²) in [4.78, 5) is 25.3. The molecule has 0 aliphatic carbocycles. The van der Waals surface area contributed by atoms with E-state index in [0.717, 1.165) is 12.0 Å². The third-order valence-electron chi connectivity index (χ3n) is 4.06. The third-order valence-corrected chi connectivity index (χ3v) is 4.06. The minimum Gasteiger partial charge on any atom is -0.480 e. The molecule has 0 aromatic heterocycles. The average molecular weight is 340 g/mol. The Morgan fingerprint density at radius 1 is 1.12 bits per heavy atom. The van der Waals surface area contributed by atoms with Gasteiger partial charge in [0.2, 0.25) is 0 Å². The number of aliphatic carboxylic acids is 1. The maximum atomic E-state index is 12.3. The van der Waals surface area contributed by atoms with Crippen LogP contribution in [0.15, 0.2) is 54.6 Å². The highest BCUT2D eigenvalue weighted by atomic mass is 16.4. The molecule has 0 spiro atoms. The van der Waals surface area contributed by atoms with Gasteiger partial charge in [-0.05, 0) is 49.7 Å². The van der Waals surface area contributed by atoms with E-state index < -0.39 is 5.97 Å². The number of nitrogens with zero attached hydrogens (tertiary/aromatic N) is 1. The van der Waals surface area contributed by atoms with E-state index in [4.69, 9.17) is 5.11 Å². The topological polar surface area (TPSA) is 69.6 Å². The summed E-state index contributed by atoms with van der Waals surface area (Å²) in [5, 5.41) is 12.0. The van der Waals surface area contributed by atoms with Gasteiger partial charge in [-0.25, -0.2) is 0 Å². The highest BCUT2D eigenvalue weighted by Crippen LogP contribution is 2.23. The summed E-state index contributed by atoms with van der Waals surface area (Å²) in [7, 11) is 0. The van der Waals surface area contributed by atoms with Crippen molar-refractivity contribution >= 4 is 17.6 Å². The van der Waals surface area contributed by atoms with Crippen LogP contribution in [-0.4, -0.2) is 35.0 Å². The second-order valence-corrected chi connectivity index (χ2v) is 5.99. The van der Waals surface area contributed by atoms with E-state index in [1.54, 1.807) is 12.1 Å². The maximum Gasteiger partial charge on any atom is 0.317 e. The van der Waals surface area contributed by atoms with E-state index in [1.165, 1.54) is 0 Å². The predicted octanol–water partition coefficient (Wildman–Crippen LogP) is 3.80. The number of nitrogens with one attached hydrogen (secondary N) is 1. The number of carbonyl (C=O) groups excluding carboxylic acids is 1. The average Bonchev–Trinajstić information content (AvgIpc) is 2.61. The van der Waals surface area contributed by atoms with Gasteiger partial charge in [0, 0.05) is 17.3 Å². The zero-order valence-corrected chi connectivity index (χ0v) is 14.6. The first-order valence-corrected chi connectivity index (χ1v) is 8.43. The van der Waals surface area contributed by atoms with Crippen molar-refractivity contribution in [2.24, 2.45) is 0 Å². The maximum absolute atomic E-state index is 12.3. The smallest absolute Gasteiger partial charge is 0.317 e. The molecule has 5 nitrogen and oxygen atoms in total. The molecule has 2 rings (SSSR count). The van der Waals surface area contributed by atoms with E-state index in [-0.39, 0.29) is 18.5 Å². The predicted molar refractivity (Wildman–Crippen MR) is 98.8 cm³/mol. The lowest BCUT2D eigenvalue weighted by atomic mass is 10.1. The molecule has 0 aliphatic heterocycles. The number of amides is 1. The van der Waals surface area contributed by atoms with Crippen LogP contribution in [0.3, 0.4) is 0 Å². The third kappa shape index (κ3) is 5.43. The lowest BCUT2D eigenvalue weighted by Crippen LogP contribution is -2.33. The van der Waals surface area contributed by atoms with Crippen LogP contribution in [0, 0.1) is 0 Å². The number of carbonyl (C=O) groups is 2. The Labute approximate surface area is 148 Å². The fourth-order valence-corrected chi connectivity index (χ4v) is 2.75. The summed E-state index contributed by atoms with van der Waals surface area (Å²) < 4.78 is 0. The molecule has 2 aromatic carbocycles. The summed E-state index contributed by atoms with van der Waals surface area (Å²) in [6, 6.07) is 16.5. The second-order valence-electron chi connectivity index (χ2n) is 5.99. The van der Waals surface area contributed by atoms with Crippen molar-refractivity contribution in [3.63, 3.8) is 0 Å². The largest absolute Gasteiger partial charge is 0.480 e. The number of anilines is 1. The quantitative estimate of drug-likeness (QED) is 0.767. The molecular formula is C20H24N2O3. The lowest BCUT2D eigenvalue weighted by molar-refractivity contribution is -0.138. The van der Waals surface area contributed by atoms with E-state index in [1.807, 2.05) is 61.2 Å². The van der Waals surface area contributed by atoms with Crippen LogP contribution in [0.25, 0.3) is 0 Å². The van der Waals surface area contributed by atoms with Gasteiger partial charge in [0.15, 0.2) is 0 Å². The first-order valence-electron chi connectivity index (χ1n) is 8.43. The summed E-state index contributed by atoms with van der Waals surface area (Å²) in [6.07, 6.45) is 0.877. The second kappa shape index (κ2) is 8.99. The van der Waals surface area contributed by atoms with Crippen LogP contribution < -0.4 is 5.32 Å². The Kier molecular flexibility index (Phi) is 6.71. The standard InChI is InChI=1S/C20H24N2O3/c1-3-12-22(14-19(23)24)15(2)17-10-7-11-18(13-17)21-20(25)16-8-5-4-6-9-16/h4-11,13,15H,3,12,14H2,1-2H3,(H,21,25)(H,23,24). The van der Waals surface area contributed by atoms with E-state index >= 15 is 0 Å². The van der Waals surface area contributed by atoms with Crippen molar-refractivity contribution in [1.82, 2.24) is 4.90 Å². The number of hydrogen-bond acceptors (Lipinski definition) is 3. The molecule has 1 unspecified atom stereocenters. The summed E-state index contributed by atoms with van der Waals surface area (Å²) in [5.74, 6) is -1.00. The van der Waals surface area contributed by atoms with Crippen molar-refractivity contribution in [2.75, 3.05) is 18.4 Å². The molecule has 0 radical (unpaired) electrons. The first kappa shape index (κ1) is 18.7. The SMILES string of the molecule is CCCN(CC(=O)O)C(C)c1cccc(NC(=O)c2ccccc2)c1. The van der Waals surface area contributed by atoms with Crippen molar-refractivity contribution in [3.05, 3.63) is 65.7 Å². The molecule has 2 N–H and O–H groups in total. The Balaban J connectivity index is 2.14. The number of benzene rings is 2. The highest BCUT2D eigenvalue weighted by Gasteiger charge is 2.18. The fraction of sp³-hybridized carbons (Fsp3) is 0.300.